The summed E-state index contributed by atoms with van der Waals surface area (Å²) in [4.78, 5) is 8.33. The topological polar surface area (TPSA) is 25.8 Å². The maximum absolute atomic E-state index is 6.07. The van der Waals surface area contributed by atoms with Gasteiger partial charge in [0.05, 0.1) is 0 Å². The van der Waals surface area contributed by atoms with E-state index >= 15 is 0 Å². The SMILES string of the molecule is CCCCSc1ncnc(Cl)c1C(C)C. The Morgan fingerprint density at radius 1 is 1.40 bits per heavy atom. The van der Waals surface area contributed by atoms with E-state index in [9.17, 15) is 0 Å². The summed E-state index contributed by atoms with van der Waals surface area (Å²) in [6.45, 7) is 6.43. The molecule has 0 bridgehead atoms. The molecule has 0 aliphatic rings. The van der Waals surface area contributed by atoms with Gasteiger partial charge in [-0.15, -0.1) is 11.8 Å². The molecule has 0 amide bonds. The largest absolute Gasteiger partial charge is 0.230 e. The fourth-order valence-electron chi connectivity index (χ4n) is 1.27. The second-order valence-electron chi connectivity index (χ2n) is 3.74. The van der Waals surface area contributed by atoms with E-state index in [1.807, 2.05) is 0 Å². The summed E-state index contributed by atoms with van der Waals surface area (Å²) >= 11 is 7.85. The molecule has 0 unspecified atom stereocenters. The maximum Gasteiger partial charge on any atom is 0.137 e. The van der Waals surface area contributed by atoms with E-state index in [1.54, 1.807) is 18.1 Å². The van der Waals surface area contributed by atoms with Crippen LogP contribution in [-0.4, -0.2) is 15.7 Å². The van der Waals surface area contributed by atoms with Gasteiger partial charge in [-0.25, -0.2) is 9.97 Å². The van der Waals surface area contributed by atoms with Gasteiger partial charge in [0.15, 0.2) is 0 Å². The summed E-state index contributed by atoms with van der Waals surface area (Å²) in [6.07, 6.45) is 3.97. The monoisotopic (exact) mass is 244 g/mol. The fraction of sp³-hybridized carbons (Fsp3) is 0.636. The lowest BCUT2D eigenvalue weighted by Gasteiger charge is -2.11. The van der Waals surface area contributed by atoms with Crippen LogP contribution in [0.25, 0.3) is 0 Å². The molecule has 84 valence electrons. The molecule has 0 saturated heterocycles. The van der Waals surface area contributed by atoms with Gasteiger partial charge in [0.2, 0.25) is 0 Å². The lowest BCUT2D eigenvalue weighted by Crippen LogP contribution is -1.98. The molecule has 0 spiro atoms. The van der Waals surface area contributed by atoms with Crippen molar-refractivity contribution in [1.29, 1.82) is 0 Å². The van der Waals surface area contributed by atoms with Crippen molar-refractivity contribution < 1.29 is 0 Å². The van der Waals surface area contributed by atoms with Gasteiger partial charge < -0.3 is 0 Å². The van der Waals surface area contributed by atoms with Crippen LogP contribution >= 0.6 is 23.4 Å². The van der Waals surface area contributed by atoms with Crippen LogP contribution in [0, 0.1) is 0 Å². The van der Waals surface area contributed by atoms with E-state index in [-0.39, 0.29) is 0 Å². The molecule has 0 aliphatic carbocycles. The van der Waals surface area contributed by atoms with E-state index in [0.29, 0.717) is 11.1 Å². The third kappa shape index (κ3) is 3.65. The predicted octanol–water partition coefficient (Wildman–Crippen LogP) is 4.15. The van der Waals surface area contributed by atoms with Gasteiger partial charge in [0.25, 0.3) is 0 Å². The fourth-order valence-corrected chi connectivity index (χ4v) is 2.92. The standard InChI is InChI=1S/C11H17ClN2S/c1-4-5-6-15-11-9(8(2)3)10(12)13-7-14-11/h7-8H,4-6H2,1-3H3. The number of hydrogen-bond acceptors (Lipinski definition) is 3. The van der Waals surface area contributed by atoms with E-state index in [0.717, 1.165) is 16.3 Å². The van der Waals surface area contributed by atoms with Crippen molar-refractivity contribution in [1.82, 2.24) is 9.97 Å². The van der Waals surface area contributed by atoms with E-state index in [2.05, 4.69) is 30.7 Å². The molecule has 0 aliphatic heterocycles. The summed E-state index contributed by atoms with van der Waals surface area (Å²) in [5.74, 6) is 1.48. The van der Waals surface area contributed by atoms with Gasteiger partial charge >= 0.3 is 0 Å². The number of nitrogens with zero attached hydrogens (tertiary/aromatic N) is 2. The molecule has 1 aromatic heterocycles. The van der Waals surface area contributed by atoms with Gasteiger partial charge in [-0.3, -0.25) is 0 Å². The van der Waals surface area contributed by atoms with Crippen molar-refractivity contribution >= 4 is 23.4 Å². The van der Waals surface area contributed by atoms with Gasteiger partial charge in [0.1, 0.15) is 16.5 Å². The number of aromatic nitrogens is 2. The molecule has 4 heteroatoms. The minimum absolute atomic E-state index is 0.378. The third-order valence-corrected chi connectivity index (χ3v) is 3.51. The maximum atomic E-state index is 6.07. The first-order valence-corrected chi connectivity index (χ1v) is 6.66. The molecule has 0 fully saturated rings. The molecule has 0 saturated carbocycles. The van der Waals surface area contributed by atoms with Gasteiger partial charge in [-0.2, -0.15) is 0 Å². The van der Waals surface area contributed by atoms with Crippen molar-refractivity contribution in [3.8, 4) is 0 Å². The number of thioether (sulfide) groups is 1. The zero-order chi connectivity index (χ0) is 11.3. The summed E-state index contributed by atoms with van der Waals surface area (Å²) in [6, 6.07) is 0. The van der Waals surface area contributed by atoms with Gasteiger partial charge in [-0.05, 0) is 18.1 Å². The first-order valence-electron chi connectivity index (χ1n) is 5.30. The Morgan fingerprint density at radius 3 is 2.73 bits per heavy atom. The lowest BCUT2D eigenvalue weighted by molar-refractivity contribution is 0.801. The van der Waals surface area contributed by atoms with E-state index < -0.39 is 0 Å². The van der Waals surface area contributed by atoms with Crippen LogP contribution in [0.3, 0.4) is 0 Å². The highest BCUT2D eigenvalue weighted by molar-refractivity contribution is 7.99. The number of unbranched alkanes of at least 4 members (excludes halogenated alkanes) is 1. The van der Waals surface area contributed by atoms with Crippen LogP contribution in [0.15, 0.2) is 11.4 Å². The predicted molar refractivity (Wildman–Crippen MR) is 66.8 cm³/mol. The van der Waals surface area contributed by atoms with Crippen molar-refractivity contribution in [3.05, 3.63) is 17.0 Å². The minimum atomic E-state index is 0.378. The van der Waals surface area contributed by atoms with Crippen molar-refractivity contribution in [2.24, 2.45) is 0 Å². The van der Waals surface area contributed by atoms with E-state index in [4.69, 9.17) is 11.6 Å². The summed E-state index contributed by atoms with van der Waals surface area (Å²) in [7, 11) is 0. The van der Waals surface area contributed by atoms with Gasteiger partial charge in [-0.1, -0.05) is 38.8 Å². The molecular weight excluding hydrogens is 228 g/mol. The minimum Gasteiger partial charge on any atom is -0.230 e. The molecule has 1 heterocycles. The Morgan fingerprint density at radius 2 is 2.13 bits per heavy atom. The van der Waals surface area contributed by atoms with E-state index in [1.165, 1.54) is 12.8 Å². The van der Waals surface area contributed by atoms with Crippen molar-refractivity contribution in [2.45, 2.75) is 44.6 Å². The van der Waals surface area contributed by atoms with Gasteiger partial charge in [0, 0.05) is 5.56 Å². The van der Waals surface area contributed by atoms with Crippen LogP contribution in [0.2, 0.25) is 5.15 Å². The molecule has 0 aromatic carbocycles. The third-order valence-electron chi connectivity index (χ3n) is 2.11. The zero-order valence-corrected chi connectivity index (χ0v) is 11.0. The average Bonchev–Trinajstić information content (AvgIpc) is 2.17. The zero-order valence-electron chi connectivity index (χ0n) is 9.46. The second kappa shape index (κ2) is 6.33. The second-order valence-corrected chi connectivity index (χ2v) is 5.18. The summed E-state index contributed by atoms with van der Waals surface area (Å²) in [5.41, 5.74) is 1.08. The Bertz CT molecular complexity index is 315. The molecule has 1 aromatic rings. The first kappa shape index (κ1) is 12.8. The number of hydrogen-bond donors (Lipinski definition) is 0. The molecule has 0 atom stereocenters. The Balaban J connectivity index is 2.81. The Hall–Kier alpha value is -0.280. The molecule has 0 radical (unpaired) electrons. The quantitative estimate of drug-likeness (QED) is 0.442. The van der Waals surface area contributed by atoms with Crippen LogP contribution < -0.4 is 0 Å². The summed E-state index contributed by atoms with van der Waals surface area (Å²) < 4.78 is 0. The number of halogens is 1. The van der Waals surface area contributed by atoms with Crippen molar-refractivity contribution in [3.63, 3.8) is 0 Å². The first-order chi connectivity index (χ1) is 7.16. The molecule has 0 N–H and O–H groups in total. The summed E-state index contributed by atoms with van der Waals surface area (Å²) in [5, 5.41) is 1.64. The van der Waals surface area contributed by atoms with Crippen LogP contribution in [0.1, 0.15) is 45.1 Å². The highest BCUT2D eigenvalue weighted by atomic mass is 35.5. The van der Waals surface area contributed by atoms with Crippen LogP contribution in [0.5, 0.6) is 0 Å². The average molecular weight is 245 g/mol. The van der Waals surface area contributed by atoms with Crippen LogP contribution in [-0.2, 0) is 0 Å². The molecule has 1 rings (SSSR count). The van der Waals surface area contributed by atoms with Crippen LogP contribution in [0.4, 0.5) is 0 Å². The highest BCUT2D eigenvalue weighted by Gasteiger charge is 2.13. The molecular formula is C11H17ClN2S. The molecule has 15 heavy (non-hydrogen) atoms. The normalized spacial score (nSPS) is 11.0. The smallest absolute Gasteiger partial charge is 0.137 e. The molecule has 2 nitrogen and oxygen atoms in total. The Labute approximate surface area is 101 Å². The Kier molecular flexibility index (Phi) is 5.40. The van der Waals surface area contributed by atoms with Crippen molar-refractivity contribution in [2.75, 3.05) is 5.75 Å². The number of rotatable bonds is 5. The highest BCUT2D eigenvalue weighted by Crippen LogP contribution is 2.31. The lowest BCUT2D eigenvalue weighted by atomic mass is 10.1.